The smallest absolute Gasteiger partial charge is 0.213 e. The van der Waals surface area contributed by atoms with Crippen LogP contribution in [0.3, 0.4) is 0 Å². The summed E-state index contributed by atoms with van der Waals surface area (Å²) >= 11 is 0. The Morgan fingerprint density at radius 2 is 2.23 bits per heavy atom. The summed E-state index contributed by atoms with van der Waals surface area (Å²) < 4.78 is 12.6. The standard InChI is InChI=1S/C9H12FN3/c10-9-5-4-7(12)8(13-9)3-1-2-6-11/h1,3-5H,2,6,11-12H2. The van der Waals surface area contributed by atoms with Crippen LogP contribution < -0.4 is 11.5 Å². The maximum atomic E-state index is 12.6. The average molecular weight is 181 g/mol. The zero-order valence-electron chi connectivity index (χ0n) is 7.20. The summed E-state index contributed by atoms with van der Waals surface area (Å²) in [6, 6.07) is 2.72. The molecule has 1 aromatic rings. The van der Waals surface area contributed by atoms with Crippen molar-refractivity contribution in [3.63, 3.8) is 0 Å². The van der Waals surface area contributed by atoms with Crippen molar-refractivity contribution >= 4 is 11.8 Å². The molecular formula is C9H12FN3. The van der Waals surface area contributed by atoms with Crippen LogP contribution in [0.4, 0.5) is 10.1 Å². The van der Waals surface area contributed by atoms with Crippen LogP contribution in [0.1, 0.15) is 12.1 Å². The number of hydrogen-bond donors (Lipinski definition) is 2. The third kappa shape index (κ3) is 2.83. The largest absolute Gasteiger partial charge is 0.397 e. The number of anilines is 1. The SMILES string of the molecule is NCCC=Cc1nc(F)ccc1N. The average Bonchev–Trinajstić information content (AvgIpc) is 2.11. The first-order valence-electron chi connectivity index (χ1n) is 4.02. The van der Waals surface area contributed by atoms with Gasteiger partial charge in [-0.05, 0) is 31.2 Å². The maximum absolute atomic E-state index is 12.6. The molecule has 1 aromatic heterocycles. The summed E-state index contributed by atoms with van der Waals surface area (Å²) in [6.45, 7) is 0.561. The predicted octanol–water partition coefficient (Wildman–Crippen LogP) is 1.16. The van der Waals surface area contributed by atoms with Gasteiger partial charge in [0.2, 0.25) is 5.95 Å². The van der Waals surface area contributed by atoms with E-state index in [0.717, 1.165) is 6.42 Å². The fraction of sp³-hybridized carbons (Fsp3) is 0.222. The molecule has 0 aliphatic carbocycles. The molecule has 1 heterocycles. The molecule has 0 radical (unpaired) electrons. The Labute approximate surface area is 76.3 Å². The Balaban J connectivity index is 2.81. The molecule has 3 nitrogen and oxygen atoms in total. The van der Waals surface area contributed by atoms with Crippen molar-refractivity contribution in [2.24, 2.45) is 5.73 Å². The van der Waals surface area contributed by atoms with Gasteiger partial charge in [0.15, 0.2) is 0 Å². The van der Waals surface area contributed by atoms with Crippen LogP contribution in [-0.4, -0.2) is 11.5 Å². The van der Waals surface area contributed by atoms with Crippen molar-refractivity contribution in [1.29, 1.82) is 0 Å². The zero-order valence-corrected chi connectivity index (χ0v) is 7.20. The van der Waals surface area contributed by atoms with Crippen molar-refractivity contribution in [1.82, 2.24) is 4.98 Å². The van der Waals surface area contributed by atoms with Gasteiger partial charge in [0.1, 0.15) is 0 Å². The van der Waals surface area contributed by atoms with E-state index in [1.54, 1.807) is 6.08 Å². The monoisotopic (exact) mass is 181 g/mol. The third-order valence-corrected chi connectivity index (χ3v) is 1.53. The van der Waals surface area contributed by atoms with Crippen LogP contribution in [-0.2, 0) is 0 Å². The summed E-state index contributed by atoms with van der Waals surface area (Å²) in [5.41, 5.74) is 11.8. The van der Waals surface area contributed by atoms with E-state index in [1.807, 2.05) is 6.08 Å². The predicted molar refractivity (Wildman–Crippen MR) is 51.3 cm³/mol. The second kappa shape index (κ2) is 4.57. The molecule has 0 fully saturated rings. The van der Waals surface area contributed by atoms with Gasteiger partial charge >= 0.3 is 0 Å². The van der Waals surface area contributed by atoms with Gasteiger partial charge in [-0.15, -0.1) is 0 Å². The highest BCUT2D eigenvalue weighted by molar-refractivity contribution is 5.60. The normalized spacial score (nSPS) is 10.9. The summed E-state index contributed by atoms with van der Waals surface area (Å²) in [6.07, 6.45) is 4.22. The fourth-order valence-electron chi connectivity index (χ4n) is 0.885. The van der Waals surface area contributed by atoms with E-state index in [-0.39, 0.29) is 0 Å². The van der Waals surface area contributed by atoms with E-state index in [4.69, 9.17) is 11.5 Å². The molecule has 0 bridgehead atoms. The van der Waals surface area contributed by atoms with Gasteiger partial charge in [-0.3, -0.25) is 0 Å². The fourth-order valence-corrected chi connectivity index (χ4v) is 0.885. The summed E-state index contributed by atoms with van der Waals surface area (Å²) in [4.78, 5) is 3.63. The first-order valence-corrected chi connectivity index (χ1v) is 4.02. The van der Waals surface area contributed by atoms with Crippen molar-refractivity contribution in [3.05, 3.63) is 29.9 Å². The van der Waals surface area contributed by atoms with Crippen molar-refractivity contribution in [3.8, 4) is 0 Å². The lowest BCUT2D eigenvalue weighted by atomic mass is 10.2. The van der Waals surface area contributed by atoms with Crippen LogP contribution in [0.25, 0.3) is 6.08 Å². The Morgan fingerprint density at radius 3 is 2.92 bits per heavy atom. The van der Waals surface area contributed by atoms with Gasteiger partial charge < -0.3 is 11.5 Å². The number of halogens is 1. The third-order valence-electron chi connectivity index (χ3n) is 1.53. The molecule has 0 spiro atoms. The Morgan fingerprint density at radius 1 is 1.46 bits per heavy atom. The Hall–Kier alpha value is -1.42. The molecule has 1 rings (SSSR count). The van der Waals surface area contributed by atoms with Gasteiger partial charge in [0, 0.05) is 0 Å². The van der Waals surface area contributed by atoms with E-state index in [1.165, 1.54) is 12.1 Å². The highest BCUT2D eigenvalue weighted by Crippen LogP contribution is 2.10. The van der Waals surface area contributed by atoms with E-state index >= 15 is 0 Å². The zero-order chi connectivity index (χ0) is 9.68. The minimum Gasteiger partial charge on any atom is -0.397 e. The second-order valence-corrected chi connectivity index (χ2v) is 2.59. The lowest BCUT2D eigenvalue weighted by molar-refractivity contribution is 0.583. The molecule has 4 heteroatoms. The molecule has 0 aromatic carbocycles. The first kappa shape index (κ1) is 9.67. The molecule has 13 heavy (non-hydrogen) atoms. The number of rotatable bonds is 3. The van der Waals surface area contributed by atoms with Gasteiger partial charge in [-0.2, -0.15) is 4.39 Å². The number of pyridine rings is 1. The van der Waals surface area contributed by atoms with E-state index in [0.29, 0.717) is 17.9 Å². The van der Waals surface area contributed by atoms with E-state index in [2.05, 4.69) is 4.98 Å². The van der Waals surface area contributed by atoms with Gasteiger partial charge in [0.25, 0.3) is 0 Å². The van der Waals surface area contributed by atoms with Crippen LogP contribution in [0.15, 0.2) is 18.2 Å². The first-order chi connectivity index (χ1) is 6.24. The van der Waals surface area contributed by atoms with Crippen LogP contribution >= 0.6 is 0 Å². The molecule has 4 N–H and O–H groups in total. The molecular weight excluding hydrogens is 169 g/mol. The number of nitrogens with zero attached hydrogens (tertiary/aromatic N) is 1. The lowest BCUT2D eigenvalue weighted by Crippen LogP contribution is -1.97. The van der Waals surface area contributed by atoms with Crippen molar-refractivity contribution in [2.75, 3.05) is 12.3 Å². The topological polar surface area (TPSA) is 64.9 Å². The second-order valence-electron chi connectivity index (χ2n) is 2.59. The van der Waals surface area contributed by atoms with Gasteiger partial charge in [-0.1, -0.05) is 6.08 Å². The number of nitrogens with two attached hydrogens (primary N) is 2. The molecule has 0 aliphatic rings. The molecule has 0 atom stereocenters. The highest BCUT2D eigenvalue weighted by Gasteiger charge is 1.97. The van der Waals surface area contributed by atoms with Crippen molar-refractivity contribution < 1.29 is 4.39 Å². The van der Waals surface area contributed by atoms with Crippen molar-refractivity contribution in [2.45, 2.75) is 6.42 Å². The summed E-state index contributed by atoms with van der Waals surface area (Å²) in [5.74, 6) is -0.526. The van der Waals surface area contributed by atoms with Gasteiger partial charge in [0.05, 0.1) is 11.4 Å². The van der Waals surface area contributed by atoms with E-state index < -0.39 is 5.95 Å². The molecule has 70 valence electrons. The lowest BCUT2D eigenvalue weighted by Gasteiger charge is -1.98. The van der Waals surface area contributed by atoms with Crippen LogP contribution in [0.2, 0.25) is 0 Å². The molecule has 0 aliphatic heterocycles. The van der Waals surface area contributed by atoms with Crippen LogP contribution in [0, 0.1) is 5.95 Å². The van der Waals surface area contributed by atoms with Crippen LogP contribution in [0.5, 0.6) is 0 Å². The minimum atomic E-state index is -0.526. The number of aromatic nitrogens is 1. The molecule has 0 amide bonds. The highest BCUT2D eigenvalue weighted by atomic mass is 19.1. The maximum Gasteiger partial charge on any atom is 0.213 e. The molecule has 0 saturated heterocycles. The molecule has 0 saturated carbocycles. The summed E-state index contributed by atoms with van der Waals surface area (Å²) in [7, 11) is 0. The number of nitrogen functional groups attached to an aromatic ring is 1. The number of hydrogen-bond acceptors (Lipinski definition) is 3. The molecule has 0 unspecified atom stereocenters. The Kier molecular flexibility index (Phi) is 3.40. The minimum absolute atomic E-state index is 0.452. The quantitative estimate of drug-likeness (QED) is 0.688. The van der Waals surface area contributed by atoms with E-state index in [9.17, 15) is 4.39 Å². The van der Waals surface area contributed by atoms with Gasteiger partial charge in [-0.25, -0.2) is 4.98 Å². The summed E-state index contributed by atoms with van der Waals surface area (Å²) in [5, 5.41) is 0. The Bertz CT molecular complexity index is 310.